The molecule has 2 aromatic rings. The fourth-order valence-electron chi connectivity index (χ4n) is 0.988. The van der Waals surface area contributed by atoms with Gasteiger partial charge in [-0.15, -0.1) is 0 Å². The highest BCUT2D eigenvalue weighted by atomic mass is 16.5. The number of hydrogen-bond donors (Lipinski definition) is 3. The minimum Gasteiger partial charge on any atom is -0.475 e. The van der Waals surface area contributed by atoms with Crippen molar-refractivity contribution in [3.05, 3.63) is 29.9 Å². The molecule has 0 aromatic carbocycles. The fraction of sp³-hybridized carbons (Fsp3) is 0. The first-order valence-electron chi connectivity index (χ1n) is 4.17. The summed E-state index contributed by atoms with van der Waals surface area (Å²) in [7, 11) is 0. The maximum Gasteiger partial charge on any atom is 0.374 e. The molecule has 2 aromatic heterocycles. The van der Waals surface area contributed by atoms with Crippen LogP contribution >= 0.6 is 0 Å². The zero-order valence-electron chi connectivity index (χ0n) is 7.80. The molecule has 0 aliphatic rings. The summed E-state index contributed by atoms with van der Waals surface area (Å²) < 4.78 is 4.43. The van der Waals surface area contributed by atoms with Crippen molar-refractivity contribution in [2.75, 3.05) is 5.32 Å². The van der Waals surface area contributed by atoms with E-state index in [1.54, 1.807) is 0 Å². The maximum atomic E-state index is 11.5. The average molecular weight is 222 g/mol. The third-order valence-electron chi connectivity index (χ3n) is 1.68. The molecule has 82 valence electrons. The summed E-state index contributed by atoms with van der Waals surface area (Å²) in [6.07, 6.45) is 2.99. The van der Waals surface area contributed by atoms with Gasteiger partial charge >= 0.3 is 5.97 Å². The van der Waals surface area contributed by atoms with Gasteiger partial charge in [-0.3, -0.25) is 10.1 Å². The topological polar surface area (TPSA) is 121 Å². The highest BCUT2D eigenvalue weighted by Crippen LogP contribution is 2.05. The predicted octanol–water partition coefficient (Wildman–Crippen LogP) is 0.348. The Kier molecular flexibility index (Phi) is 2.38. The highest BCUT2D eigenvalue weighted by Gasteiger charge is 2.16. The number of anilines is 1. The van der Waals surface area contributed by atoms with Gasteiger partial charge in [0.05, 0.1) is 0 Å². The second kappa shape index (κ2) is 3.85. The third kappa shape index (κ3) is 1.90. The van der Waals surface area contributed by atoms with Gasteiger partial charge < -0.3 is 14.6 Å². The van der Waals surface area contributed by atoms with Crippen molar-refractivity contribution in [3.8, 4) is 0 Å². The van der Waals surface area contributed by atoms with E-state index in [0.717, 1.165) is 6.07 Å². The summed E-state index contributed by atoms with van der Waals surface area (Å²) in [5.41, 5.74) is -0.131. The van der Waals surface area contributed by atoms with Gasteiger partial charge in [-0.1, -0.05) is 5.16 Å². The van der Waals surface area contributed by atoms with Crippen LogP contribution in [0.5, 0.6) is 0 Å². The SMILES string of the molecule is O=C(Nc1ncc[nH]1)c1cc(C(=O)O)on1. The van der Waals surface area contributed by atoms with Crippen molar-refractivity contribution in [1.29, 1.82) is 0 Å². The van der Waals surface area contributed by atoms with Crippen molar-refractivity contribution < 1.29 is 19.2 Å². The Bertz CT molecular complexity index is 516. The number of aromatic nitrogens is 3. The van der Waals surface area contributed by atoms with E-state index in [4.69, 9.17) is 5.11 Å². The van der Waals surface area contributed by atoms with Crippen LogP contribution in [0.3, 0.4) is 0 Å². The molecular formula is C8H6N4O4. The van der Waals surface area contributed by atoms with Crippen LogP contribution in [0.1, 0.15) is 21.0 Å². The largest absolute Gasteiger partial charge is 0.475 e. The lowest BCUT2D eigenvalue weighted by Crippen LogP contribution is -2.13. The van der Waals surface area contributed by atoms with Crippen molar-refractivity contribution >= 4 is 17.8 Å². The molecule has 8 heteroatoms. The van der Waals surface area contributed by atoms with Gasteiger partial charge in [0, 0.05) is 18.5 Å². The molecule has 3 N–H and O–H groups in total. The minimum atomic E-state index is -1.29. The third-order valence-corrected chi connectivity index (χ3v) is 1.68. The first-order valence-corrected chi connectivity index (χ1v) is 4.17. The van der Waals surface area contributed by atoms with Crippen LogP contribution in [0.15, 0.2) is 23.0 Å². The second-order valence-electron chi connectivity index (χ2n) is 2.77. The number of aromatic carboxylic acids is 1. The normalized spacial score (nSPS) is 10.0. The molecule has 1 amide bonds. The standard InChI is InChI=1S/C8H6N4O4/c13-6(11-8-9-1-2-10-8)4-3-5(7(14)15)16-12-4/h1-3H,(H,14,15)(H2,9,10,11,13). The lowest BCUT2D eigenvalue weighted by Gasteiger charge is -1.95. The van der Waals surface area contributed by atoms with E-state index in [9.17, 15) is 9.59 Å². The summed E-state index contributed by atoms with van der Waals surface area (Å²) in [6, 6.07) is 1.03. The quantitative estimate of drug-likeness (QED) is 0.688. The van der Waals surface area contributed by atoms with E-state index in [-0.39, 0.29) is 11.6 Å². The van der Waals surface area contributed by atoms with Crippen LogP contribution in [0.2, 0.25) is 0 Å². The maximum absolute atomic E-state index is 11.5. The van der Waals surface area contributed by atoms with Gasteiger partial charge in [-0.25, -0.2) is 9.78 Å². The van der Waals surface area contributed by atoms with E-state index in [1.165, 1.54) is 12.4 Å². The van der Waals surface area contributed by atoms with E-state index >= 15 is 0 Å². The first-order chi connectivity index (χ1) is 7.66. The number of rotatable bonds is 3. The van der Waals surface area contributed by atoms with Crippen molar-refractivity contribution in [1.82, 2.24) is 15.1 Å². The van der Waals surface area contributed by atoms with E-state index in [0.29, 0.717) is 0 Å². The van der Waals surface area contributed by atoms with Crippen LogP contribution in [0.25, 0.3) is 0 Å². The second-order valence-corrected chi connectivity index (χ2v) is 2.77. The van der Waals surface area contributed by atoms with Gasteiger partial charge in [0.25, 0.3) is 5.91 Å². The van der Waals surface area contributed by atoms with Crippen LogP contribution in [-0.4, -0.2) is 32.1 Å². The summed E-state index contributed by atoms with van der Waals surface area (Å²) in [6.45, 7) is 0. The number of imidazole rings is 1. The Hall–Kier alpha value is -2.64. The lowest BCUT2D eigenvalue weighted by molar-refractivity contribution is 0.0651. The first kappa shape index (κ1) is 9.90. The Morgan fingerprint density at radius 2 is 2.31 bits per heavy atom. The summed E-state index contributed by atoms with van der Waals surface area (Å²) in [5.74, 6) is -2.05. The minimum absolute atomic E-state index is 0.131. The number of amides is 1. The highest BCUT2D eigenvalue weighted by molar-refractivity contribution is 6.02. The number of hydrogen-bond acceptors (Lipinski definition) is 5. The smallest absolute Gasteiger partial charge is 0.374 e. The molecular weight excluding hydrogens is 216 g/mol. The van der Waals surface area contributed by atoms with E-state index in [1.807, 2.05) is 0 Å². The molecule has 0 saturated heterocycles. The summed E-state index contributed by atoms with van der Waals surface area (Å²) in [5, 5.41) is 14.2. The van der Waals surface area contributed by atoms with Gasteiger partial charge in [-0.05, 0) is 0 Å². The Labute approximate surface area is 88.3 Å². The molecule has 0 saturated carbocycles. The monoisotopic (exact) mass is 222 g/mol. The van der Waals surface area contributed by atoms with Crippen LogP contribution < -0.4 is 5.32 Å². The molecule has 0 bridgehead atoms. The number of nitrogens with one attached hydrogen (secondary N) is 2. The molecule has 0 aliphatic heterocycles. The van der Waals surface area contributed by atoms with E-state index in [2.05, 4.69) is 25.0 Å². The molecule has 0 spiro atoms. The van der Waals surface area contributed by atoms with E-state index < -0.39 is 17.6 Å². The number of carbonyl (C=O) groups excluding carboxylic acids is 1. The number of carbonyl (C=O) groups is 2. The number of carboxylic acids is 1. The number of nitrogens with zero attached hydrogens (tertiary/aromatic N) is 2. The van der Waals surface area contributed by atoms with Gasteiger partial charge in [0.1, 0.15) is 0 Å². The molecule has 8 nitrogen and oxygen atoms in total. The molecule has 0 unspecified atom stereocenters. The van der Waals surface area contributed by atoms with Crippen LogP contribution in [-0.2, 0) is 0 Å². The summed E-state index contributed by atoms with van der Waals surface area (Å²) in [4.78, 5) is 28.3. The zero-order chi connectivity index (χ0) is 11.5. The van der Waals surface area contributed by atoms with Gasteiger partial charge in [-0.2, -0.15) is 0 Å². The zero-order valence-corrected chi connectivity index (χ0v) is 7.80. The molecule has 2 heterocycles. The molecule has 0 fully saturated rings. The lowest BCUT2D eigenvalue weighted by atomic mass is 10.3. The number of aromatic amines is 1. The summed E-state index contributed by atoms with van der Waals surface area (Å²) >= 11 is 0. The fourth-order valence-corrected chi connectivity index (χ4v) is 0.988. The molecule has 2 rings (SSSR count). The van der Waals surface area contributed by atoms with Crippen molar-refractivity contribution in [3.63, 3.8) is 0 Å². The predicted molar refractivity (Wildman–Crippen MR) is 50.0 cm³/mol. The molecule has 0 aliphatic carbocycles. The van der Waals surface area contributed by atoms with Gasteiger partial charge in [0.2, 0.25) is 11.7 Å². The Balaban J connectivity index is 2.12. The number of H-pyrrole nitrogens is 1. The Morgan fingerprint density at radius 1 is 1.50 bits per heavy atom. The average Bonchev–Trinajstić information content (AvgIpc) is 2.86. The molecule has 16 heavy (non-hydrogen) atoms. The van der Waals surface area contributed by atoms with Crippen LogP contribution in [0, 0.1) is 0 Å². The Morgan fingerprint density at radius 3 is 2.88 bits per heavy atom. The van der Waals surface area contributed by atoms with Crippen molar-refractivity contribution in [2.45, 2.75) is 0 Å². The van der Waals surface area contributed by atoms with Crippen molar-refractivity contribution in [2.24, 2.45) is 0 Å². The molecule has 0 atom stereocenters. The number of carboxylic acid groups (broad SMARTS) is 1. The molecule has 0 radical (unpaired) electrons. The van der Waals surface area contributed by atoms with Crippen LogP contribution in [0.4, 0.5) is 5.95 Å². The van der Waals surface area contributed by atoms with Gasteiger partial charge in [0.15, 0.2) is 5.69 Å².